The van der Waals surface area contributed by atoms with E-state index in [1.54, 1.807) is 29.8 Å². The summed E-state index contributed by atoms with van der Waals surface area (Å²) in [5, 5.41) is 10.5. The van der Waals surface area contributed by atoms with Crippen molar-refractivity contribution in [2.75, 3.05) is 6.61 Å². The van der Waals surface area contributed by atoms with E-state index in [9.17, 15) is 13.2 Å². The van der Waals surface area contributed by atoms with Gasteiger partial charge in [0.05, 0.1) is 22.9 Å². The lowest BCUT2D eigenvalue weighted by atomic mass is 10.1. The van der Waals surface area contributed by atoms with Crippen molar-refractivity contribution in [3.8, 4) is 16.9 Å². The highest BCUT2D eigenvalue weighted by Gasteiger charge is 2.20. The molecule has 0 aliphatic carbocycles. The molecule has 3 N–H and O–H groups in total. The van der Waals surface area contributed by atoms with Crippen molar-refractivity contribution in [1.29, 1.82) is 0 Å². The molecule has 0 amide bonds. The van der Waals surface area contributed by atoms with Crippen molar-refractivity contribution in [2.24, 2.45) is 5.14 Å². The molecule has 0 saturated carbocycles. The Balaban J connectivity index is 1.89. The van der Waals surface area contributed by atoms with Gasteiger partial charge in [-0.1, -0.05) is 18.2 Å². The summed E-state index contributed by atoms with van der Waals surface area (Å²) in [6, 6.07) is 15.4. The van der Waals surface area contributed by atoms with Gasteiger partial charge in [0.25, 0.3) is 0 Å². The maximum absolute atomic E-state index is 12.3. The molecule has 0 fully saturated rings. The Hall–Kier alpha value is -3.43. The smallest absolute Gasteiger partial charge is 0.358 e. The number of aromatic nitrogens is 3. The van der Waals surface area contributed by atoms with E-state index in [2.05, 4.69) is 10.1 Å². The monoisotopic (exact) mass is 410 g/mol. The molecule has 2 aromatic heterocycles. The Bertz CT molecular complexity index is 1300. The van der Waals surface area contributed by atoms with E-state index >= 15 is 0 Å². The fourth-order valence-electron chi connectivity index (χ4n) is 3.14. The van der Waals surface area contributed by atoms with Crippen molar-refractivity contribution in [2.45, 2.75) is 11.8 Å². The normalized spacial score (nSPS) is 11.7. The van der Waals surface area contributed by atoms with Gasteiger partial charge in [0.15, 0.2) is 5.69 Å². The molecule has 0 atom stereocenters. The van der Waals surface area contributed by atoms with Gasteiger partial charge in [-0.25, -0.2) is 23.0 Å². The highest BCUT2D eigenvalue weighted by molar-refractivity contribution is 7.89. The molecule has 0 radical (unpaired) electrons. The Morgan fingerprint density at radius 3 is 2.59 bits per heavy atom. The zero-order valence-corrected chi connectivity index (χ0v) is 16.3. The van der Waals surface area contributed by atoms with Crippen molar-refractivity contribution in [1.82, 2.24) is 14.8 Å². The fourth-order valence-corrected chi connectivity index (χ4v) is 3.65. The first-order valence-corrected chi connectivity index (χ1v) is 10.4. The van der Waals surface area contributed by atoms with E-state index in [1.807, 2.05) is 30.5 Å². The van der Waals surface area contributed by atoms with Gasteiger partial charge in [-0.05, 0) is 43.3 Å². The zero-order chi connectivity index (χ0) is 20.6. The lowest BCUT2D eigenvalue weighted by Gasteiger charge is -2.08. The van der Waals surface area contributed by atoms with Crippen LogP contribution in [0.3, 0.4) is 0 Å². The number of nitrogens with one attached hydrogen (secondary N) is 1. The zero-order valence-electron chi connectivity index (χ0n) is 15.5. The number of benzene rings is 2. The number of fused-ring (bicyclic) bond motifs is 1. The first kappa shape index (κ1) is 18.9. The summed E-state index contributed by atoms with van der Waals surface area (Å²) in [6.45, 7) is 1.96. The molecule has 9 heteroatoms. The number of sulfonamides is 1. The molecular weight excluding hydrogens is 392 g/mol. The van der Waals surface area contributed by atoms with Gasteiger partial charge in [-0.2, -0.15) is 5.10 Å². The molecule has 2 aromatic carbocycles. The second-order valence-corrected chi connectivity index (χ2v) is 7.90. The summed E-state index contributed by atoms with van der Waals surface area (Å²) >= 11 is 0. The average Bonchev–Trinajstić information content (AvgIpc) is 3.32. The minimum atomic E-state index is -3.81. The fraction of sp³-hybridized carbons (Fsp3) is 0.100. The van der Waals surface area contributed by atoms with E-state index in [1.165, 1.54) is 12.1 Å². The van der Waals surface area contributed by atoms with Crippen LogP contribution >= 0.6 is 0 Å². The number of para-hydroxylation sites is 1. The predicted octanol–water partition coefficient (Wildman–Crippen LogP) is 2.84. The molecule has 4 rings (SSSR count). The predicted molar refractivity (Wildman–Crippen MR) is 108 cm³/mol. The minimum absolute atomic E-state index is 0.00679. The number of nitrogens with two attached hydrogens (primary N) is 1. The molecule has 29 heavy (non-hydrogen) atoms. The lowest BCUT2D eigenvalue weighted by Crippen LogP contribution is -2.12. The Morgan fingerprint density at radius 1 is 1.17 bits per heavy atom. The maximum atomic E-state index is 12.3. The SMILES string of the molecule is CCOC(=O)c1cc(-c2c[nH]c3ccccc23)n(-c2ccc(S(N)(=O)=O)cc2)n1. The summed E-state index contributed by atoms with van der Waals surface area (Å²) in [5.41, 5.74) is 3.18. The minimum Gasteiger partial charge on any atom is -0.461 e. The van der Waals surface area contributed by atoms with Gasteiger partial charge in [0.1, 0.15) is 0 Å². The van der Waals surface area contributed by atoms with Crippen LogP contribution in [0, 0.1) is 0 Å². The highest BCUT2D eigenvalue weighted by Crippen LogP contribution is 2.31. The number of nitrogens with zero attached hydrogens (tertiary/aromatic N) is 2. The molecule has 4 aromatic rings. The van der Waals surface area contributed by atoms with Gasteiger partial charge in [0, 0.05) is 22.7 Å². The lowest BCUT2D eigenvalue weighted by molar-refractivity contribution is 0.0519. The third-order valence-corrected chi connectivity index (χ3v) is 5.40. The quantitative estimate of drug-likeness (QED) is 0.490. The van der Waals surface area contributed by atoms with E-state index in [0.717, 1.165) is 16.5 Å². The van der Waals surface area contributed by atoms with E-state index in [-0.39, 0.29) is 17.2 Å². The summed E-state index contributed by atoms with van der Waals surface area (Å²) in [6.07, 6.45) is 1.84. The molecule has 8 nitrogen and oxygen atoms in total. The number of esters is 1. The number of hydrogen-bond acceptors (Lipinski definition) is 5. The van der Waals surface area contributed by atoms with Crippen LogP contribution in [0.5, 0.6) is 0 Å². The number of hydrogen-bond donors (Lipinski definition) is 2. The number of carbonyl (C=O) groups is 1. The summed E-state index contributed by atoms with van der Waals surface area (Å²) in [5.74, 6) is -0.534. The van der Waals surface area contributed by atoms with E-state index < -0.39 is 16.0 Å². The number of ether oxygens (including phenoxy) is 1. The molecule has 2 heterocycles. The van der Waals surface area contributed by atoms with Crippen LogP contribution in [-0.2, 0) is 14.8 Å². The third-order valence-electron chi connectivity index (χ3n) is 4.47. The topological polar surface area (TPSA) is 120 Å². The first-order chi connectivity index (χ1) is 13.9. The number of carbonyl (C=O) groups excluding carboxylic acids is 1. The van der Waals surface area contributed by atoms with Gasteiger partial charge < -0.3 is 9.72 Å². The van der Waals surface area contributed by atoms with E-state index in [4.69, 9.17) is 9.88 Å². The summed E-state index contributed by atoms with van der Waals surface area (Å²) in [4.78, 5) is 15.5. The standard InChI is InChI=1S/C20H18N4O4S/c1-2-28-20(25)18-11-19(16-12-22-17-6-4-3-5-15(16)17)24(23-18)13-7-9-14(10-8-13)29(21,26)27/h3-12,22H,2H2,1H3,(H2,21,26,27). The van der Waals surface area contributed by atoms with E-state index in [0.29, 0.717) is 11.4 Å². The molecule has 0 saturated heterocycles. The molecular formula is C20H18N4O4S. The van der Waals surface area contributed by atoms with Crippen LogP contribution in [0.2, 0.25) is 0 Å². The highest BCUT2D eigenvalue weighted by atomic mass is 32.2. The Morgan fingerprint density at radius 2 is 1.90 bits per heavy atom. The Kier molecular flexibility index (Phi) is 4.69. The summed E-state index contributed by atoms with van der Waals surface area (Å²) in [7, 11) is -3.81. The van der Waals surface area contributed by atoms with Crippen LogP contribution in [0.25, 0.3) is 27.8 Å². The van der Waals surface area contributed by atoms with Crippen molar-refractivity contribution >= 4 is 26.9 Å². The molecule has 0 spiro atoms. The first-order valence-electron chi connectivity index (χ1n) is 8.85. The molecule has 0 bridgehead atoms. The molecule has 0 unspecified atom stereocenters. The van der Waals surface area contributed by atoms with Crippen molar-refractivity contribution in [3.05, 3.63) is 66.5 Å². The largest absolute Gasteiger partial charge is 0.461 e. The molecule has 0 aliphatic heterocycles. The summed E-state index contributed by atoms with van der Waals surface area (Å²) < 4.78 is 29.7. The van der Waals surface area contributed by atoms with Crippen LogP contribution < -0.4 is 5.14 Å². The molecule has 0 aliphatic rings. The van der Waals surface area contributed by atoms with Crippen LogP contribution in [0.1, 0.15) is 17.4 Å². The van der Waals surface area contributed by atoms with Crippen LogP contribution in [0.4, 0.5) is 0 Å². The van der Waals surface area contributed by atoms with Crippen LogP contribution in [-0.4, -0.2) is 35.8 Å². The van der Waals surface area contributed by atoms with Crippen molar-refractivity contribution in [3.63, 3.8) is 0 Å². The number of aromatic amines is 1. The number of H-pyrrole nitrogens is 1. The average molecular weight is 410 g/mol. The molecule has 148 valence electrons. The van der Waals surface area contributed by atoms with Gasteiger partial charge in [0.2, 0.25) is 10.0 Å². The van der Waals surface area contributed by atoms with Crippen molar-refractivity contribution < 1.29 is 17.9 Å². The van der Waals surface area contributed by atoms with Gasteiger partial charge in [-0.15, -0.1) is 0 Å². The number of primary sulfonamides is 1. The Labute approximate surface area is 167 Å². The van der Waals surface area contributed by atoms with Gasteiger partial charge in [-0.3, -0.25) is 0 Å². The maximum Gasteiger partial charge on any atom is 0.358 e. The van der Waals surface area contributed by atoms with Gasteiger partial charge >= 0.3 is 5.97 Å². The third kappa shape index (κ3) is 3.53. The van der Waals surface area contributed by atoms with Crippen LogP contribution in [0.15, 0.2) is 65.7 Å². The second-order valence-electron chi connectivity index (χ2n) is 6.33. The second kappa shape index (κ2) is 7.19. The number of rotatable bonds is 5.